The number of aliphatic carboxylic acids is 4. The van der Waals surface area contributed by atoms with Gasteiger partial charge in [0.25, 0.3) is 0 Å². The number of carbonyl (C=O) groups is 4. The van der Waals surface area contributed by atoms with E-state index in [1.807, 2.05) is 0 Å². The molecule has 0 saturated carbocycles. The van der Waals surface area contributed by atoms with Crippen molar-refractivity contribution in [2.24, 2.45) is 0 Å². The van der Waals surface area contributed by atoms with Crippen LogP contribution in [0.4, 0.5) is 0 Å². The maximum absolute atomic E-state index is 10.2. The van der Waals surface area contributed by atoms with Gasteiger partial charge in [-0.2, -0.15) is 0 Å². The Balaban J connectivity index is -0.000000280. The van der Waals surface area contributed by atoms with Crippen LogP contribution in [-0.4, -0.2) is 23.9 Å². The quantitative estimate of drug-likeness (QED) is 0.0544. The Bertz CT molecular complexity index is 879. The summed E-state index contributed by atoms with van der Waals surface area (Å²) in [6, 6.07) is 0. The molecule has 0 amide bonds. The molecule has 0 aliphatic carbocycles. The van der Waals surface area contributed by atoms with E-state index in [-0.39, 0.29) is 46.7 Å². The fourth-order valence-corrected chi connectivity index (χ4v) is 9.15. The van der Waals surface area contributed by atoms with Crippen LogP contribution in [-0.2, 0) is 40.2 Å². The molecule has 0 spiro atoms. The van der Waals surface area contributed by atoms with Gasteiger partial charge in [0.1, 0.15) is 0 Å². The van der Waals surface area contributed by atoms with Crippen LogP contribution >= 0.6 is 0 Å². The Labute approximate surface area is 469 Å². The van der Waals surface area contributed by atoms with Crippen molar-refractivity contribution in [3.8, 4) is 0 Å². The van der Waals surface area contributed by atoms with E-state index >= 15 is 0 Å². The van der Waals surface area contributed by atoms with Crippen LogP contribution in [0.5, 0.6) is 0 Å². The third-order valence-electron chi connectivity index (χ3n) is 13.9. The van der Waals surface area contributed by atoms with Gasteiger partial charge in [-0.15, -0.1) is 0 Å². The molecular weight excluding hydrogens is 1080 g/mol. The Hall–Kier alpha value is -1.43. The van der Waals surface area contributed by atoms with Gasteiger partial charge in [0.15, 0.2) is 0 Å². The molecule has 0 aliphatic rings. The van der Waals surface area contributed by atoms with Crippen LogP contribution in [0.3, 0.4) is 0 Å². The van der Waals surface area contributed by atoms with Crippen molar-refractivity contribution >= 4 is 23.9 Å². The standard InChI is InChI=1S/4C16H32O2.W/c4*1-2-3-4-5-6-7-8-9-10-11-12-13-14-15-16(17)18;/h4*2-15H2,1H3,(H,17,18);/p-4. The molecule has 0 fully saturated rings. The number of hydrogen-bond donors (Lipinski definition) is 0. The molecule has 0 atom stereocenters. The molecule has 438 valence electrons. The summed E-state index contributed by atoms with van der Waals surface area (Å²) in [6.45, 7) is 9.03. The van der Waals surface area contributed by atoms with Gasteiger partial charge >= 0.3 is 0 Å². The Morgan fingerprint density at radius 3 is 0.342 bits per heavy atom. The average molecular weight is 1210 g/mol. The molecule has 0 rings (SSSR count). The molecular formula is C64H124O8W-4. The summed E-state index contributed by atoms with van der Waals surface area (Å²) < 4.78 is 0. The summed E-state index contributed by atoms with van der Waals surface area (Å²) in [4.78, 5) is 40.8. The molecule has 0 saturated heterocycles. The van der Waals surface area contributed by atoms with Crippen molar-refractivity contribution in [1.29, 1.82) is 0 Å². The molecule has 0 heterocycles. The second-order valence-corrected chi connectivity index (χ2v) is 21.5. The number of rotatable bonds is 56. The first kappa shape index (κ1) is 80.4. The number of carboxylic acid groups (broad SMARTS) is 4. The van der Waals surface area contributed by atoms with Crippen LogP contribution in [0.2, 0.25) is 0 Å². The predicted molar refractivity (Wildman–Crippen MR) is 301 cm³/mol. The van der Waals surface area contributed by atoms with Crippen LogP contribution in [0.15, 0.2) is 0 Å². The van der Waals surface area contributed by atoms with Crippen LogP contribution < -0.4 is 20.4 Å². The van der Waals surface area contributed by atoms with Gasteiger partial charge in [-0.25, -0.2) is 0 Å². The molecule has 8 nitrogen and oxygen atoms in total. The van der Waals surface area contributed by atoms with E-state index in [1.165, 1.54) is 283 Å². The number of unbranched alkanes of at least 4 members (excludes halogenated alkanes) is 48. The first-order chi connectivity index (χ1) is 35.1. The van der Waals surface area contributed by atoms with Gasteiger partial charge in [0.05, 0.1) is 0 Å². The van der Waals surface area contributed by atoms with Crippen LogP contribution in [0, 0.1) is 0 Å². The molecule has 0 aliphatic heterocycles. The van der Waals surface area contributed by atoms with E-state index in [0.29, 0.717) is 0 Å². The van der Waals surface area contributed by atoms with E-state index in [4.69, 9.17) is 0 Å². The summed E-state index contributed by atoms with van der Waals surface area (Å²) in [5, 5.41) is 40.8. The van der Waals surface area contributed by atoms with E-state index in [0.717, 1.165) is 51.4 Å². The van der Waals surface area contributed by atoms with Gasteiger partial charge in [-0.3, -0.25) is 0 Å². The fourth-order valence-electron chi connectivity index (χ4n) is 9.15. The van der Waals surface area contributed by atoms with Gasteiger partial charge in [-0.1, -0.05) is 336 Å². The minimum absolute atomic E-state index is 0. The Morgan fingerprint density at radius 2 is 0.260 bits per heavy atom. The summed E-state index contributed by atoms with van der Waals surface area (Å²) in [5.41, 5.74) is 0. The zero-order valence-electron chi connectivity index (χ0n) is 49.3. The molecule has 0 unspecified atom stereocenters. The third-order valence-corrected chi connectivity index (χ3v) is 13.9. The summed E-state index contributed by atoms with van der Waals surface area (Å²) >= 11 is 0. The largest absolute Gasteiger partial charge is 0.550 e. The van der Waals surface area contributed by atoms with Gasteiger partial charge in [0, 0.05) is 44.9 Å². The Morgan fingerprint density at radius 1 is 0.178 bits per heavy atom. The molecule has 73 heavy (non-hydrogen) atoms. The maximum Gasteiger partial charge on any atom is 0.0414 e. The van der Waals surface area contributed by atoms with Crippen molar-refractivity contribution in [2.45, 2.75) is 387 Å². The summed E-state index contributed by atoms with van der Waals surface area (Å²) in [5.74, 6) is -3.62. The predicted octanol–water partition coefficient (Wildman–Crippen LogP) is 16.9. The monoisotopic (exact) mass is 1200 g/mol. The van der Waals surface area contributed by atoms with Crippen molar-refractivity contribution in [3.05, 3.63) is 0 Å². The van der Waals surface area contributed by atoms with E-state index in [2.05, 4.69) is 27.7 Å². The second-order valence-electron chi connectivity index (χ2n) is 21.5. The fraction of sp³-hybridized carbons (Fsp3) is 0.938. The third kappa shape index (κ3) is 96.7. The topological polar surface area (TPSA) is 161 Å². The SMILES string of the molecule is CCCCCCCCCCCCCCCC(=O)[O-].CCCCCCCCCCCCCCCC(=O)[O-].CCCCCCCCCCCCCCCC(=O)[O-].CCCCCCCCCCCCCCCC(=O)[O-].[W]. The summed E-state index contributed by atoms with van der Waals surface area (Å²) in [7, 11) is 0. The first-order valence-corrected chi connectivity index (χ1v) is 31.9. The molecule has 0 N–H and O–H groups in total. The minimum Gasteiger partial charge on any atom is -0.550 e. The second kappa shape index (κ2) is 77.1. The van der Waals surface area contributed by atoms with Crippen molar-refractivity contribution in [2.75, 3.05) is 0 Å². The number of hydrogen-bond acceptors (Lipinski definition) is 8. The van der Waals surface area contributed by atoms with Crippen LogP contribution in [0.1, 0.15) is 387 Å². The number of carboxylic acids is 4. The van der Waals surface area contributed by atoms with Crippen molar-refractivity contribution < 1.29 is 60.7 Å². The zero-order chi connectivity index (χ0) is 53.9. The molecule has 9 heteroatoms. The average Bonchev–Trinajstić information content (AvgIpc) is 3.35. The van der Waals surface area contributed by atoms with Gasteiger partial charge < -0.3 is 39.6 Å². The first-order valence-electron chi connectivity index (χ1n) is 31.9. The van der Waals surface area contributed by atoms with Gasteiger partial charge in [-0.05, 0) is 51.4 Å². The van der Waals surface area contributed by atoms with Gasteiger partial charge in [0.2, 0.25) is 0 Å². The molecule has 0 radical (unpaired) electrons. The molecule has 0 bridgehead atoms. The van der Waals surface area contributed by atoms with E-state index < -0.39 is 23.9 Å². The Kier molecular flexibility index (Phi) is 84.9. The normalized spacial score (nSPS) is 10.6. The van der Waals surface area contributed by atoms with E-state index in [9.17, 15) is 39.6 Å². The summed E-state index contributed by atoms with van der Waals surface area (Å²) in [6.07, 6.45) is 67.7. The smallest absolute Gasteiger partial charge is 0.0414 e. The number of carbonyl (C=O) groups excluding carboxylic acids is 4. The van der Waals surface area contributed by atoms with Crippen molar-refractivity contribution in [3.63, 3.8) is 0 Å². The van der Waals surface area contributed by atoms with Crippen LogP contribution in [0.25, 0.3) is 0 Å². The van der Waals surface area contributed by atoms with E-state index in [1.54, 1.807) is 0 Å². The maximum atomic E-state index is 10.2. The van der Waals surface area contributed by atoms with Crippen molar-refractivity contribution in [1.82, 2.24) is 0 Å². The molecule has 0 aromatic rings. The minimum atomic E-state index is -0.905. The molecule has 0 aromatic carbocycles. The zero-order valence-corrected chi connectivity index (χ0v) is 52.2. The molecule has 0 aromatic heterocycles.